The minimum absolute atomic E-state index is 0.0451. The maximum Gasteiger partial charge on any atom is 0.257 e. The summed E-state index contributed by atoms with van der Waals surface area (Å²) in [4.78, 5) is 94.5. The Morgan fingerprint density at radius 1 is 0.444 bits per heavy atom. The van der Waals surface area contributed by atoms with Gasteiger partial charge in [0, 0.05) is 122 Å². The zero-order valence-corrected chi connectivity index (χ0v) is 55.1. The van der Waals surface area contributed by atoms with Crippen molar-refractivity contribution in [2.45, 2.75) is 19.3 Å². The molecule has 0 saturated heterocycles. The van der Waals surface area contributed by atoms with Gasteiger partial charge in [-0.1, -0.05) is 174 Å². The van der Waals surface area contributed by atoms with Crippen LogP contribution in [0.3, 0.4) is 0 Å². The number of hydrogen-bond donors (Lipinski definition) is 7. The summed E-state index contributed by atoms with van der Waals surface area (Å²) in [6.45, 7) is 0. The zero-order valence-electron chi connectivity index (χ0n) is 48.0. The first kappa shape index (κ1) is 68.4. The molecule has 6 aromatic carbocycles. The topological polar surface area (TPSA) is 293 Å². The standard InChI is InChI=1S/C23H20BrClN4O2.C22H18BrClN4O2.C21H16BrClN4O2/c1-29(2)22(26)15-5-3-14(4-6-15)20(30)11-16-7-8-17(24)12-19(16)23(31)28-21-10-9-18(25)13-27-21;1-26-21(25)14-4-2-13(3-5-14)19(29)10-15-6-7-16(23)11-18(15)22(30)28-20-9-8-17(24)12-27-20;22-15-6-5-14(9-18(28)12-1-3-13(4-2-12)20(24)25)17(10-15)21(29)27-19-8-7-16(23)11-26-19/h3-10,12-13,26H,11H2,1-2H3,(H,27,28,31);2-9,11-12H,10H2,1H3,(H2,25,26)(H,27,28,30);1-8,10-11H,9H2,(H3,24,25)(H,26,27,29). The molecule has 0 radical (unpaired) electrons. The molecule has 0 unspecified atom stereocenters. The van der Waals surface area contributed by atoms with E-state index in [1.54, 1.807) is 190 Å². The number of nitrogens with two attached hydrogens (primary N) is 2. The molecular formula is C66H54Br3Cl3N12O6. The third-order valence-corrected chi connectivity index (χ3v) is 15.2. The average Bonchev–Trinajstić information content (AvgIpc) is 2.66. The number of aromatic nitrogens is 3. The summed E-state index contributed by atoms with van der Waals surface area (Å²) in [5, 5.41) is 25.0. The smallest absolute Gasteiger partial charge is 0.257 e. The van der Waals surface area contributed by atoms with Crippen LogP contribution in [0.25, 0.3) is 0 Å². The molecule has 9 rings (SSSR count). The predicted molar refractivity (Wildman–Crippen MR) is 366 cm³/mol. The Labute approximate surface area is 558 Å². The minimum Gasteiger partial charge on any atom is -0.384 e. The lowest BCUT2D eigenvalue weighted by molar-refractivity contribution is 0.0980. The molecule has 0 spiro atoms. The quantitative estimate of drug-likeness (QED) is 0.0240. The van der Waals surface area contributed by atoms with Gasteiger partial charge in [-0.05, 0) is 89.5 Å². The molecule has 0 atom stereocenters. The van der Waals surface area contributed by atoms with E-state index in [0.717, 1.165) is 20.1 Å². The molecule has 0 saturated carbocycles. The van der Waals surface area contributed by atoms with Crippen LogP contribution in [0.15, 0.2) is 201 Å². The van der Waals surface area contributed by atoms with Gasteiger partial charge in [-0.25, -0.2) is 15.0 Å². The number of aliphatic imine (C=N–C) groups is 1. The summed E-state index contributed by atoms with van der Waals surface area (Å²) in [5.41, 5.74) is 17.7. The number of nitrogens with one attached hydrogen (secondary N) is 5. The van der Waals surface area contributed by atoms with Gasteiger partial charge in [0.2, 0.25) is 0 Å². The number of ketones is 3. The average molecular weight is 1460 g/mol. The van der Waals surface area contributed by atoms with E-state index in [2.05, 4.69) is 83.7 Å². The summed E-state index contributed by atoms with van der Waals surface area (Å²) >= 11 is 27.6. The number of nitrogens with zero attached hydrogens (tertiary/aromatic N) is 5. The van der Waals surface area contributed by atoms with E-state index in [1.165, 1.54) is 18.6 Å². The van der Waals surface area contributed by atoms with Crippen molar-refractivity contribution in [3.63, 3.8) is 0 Å². The molecular weight excluding hydrogens is 1400 g/mol. The van der Waals surface area contributed by atoms with Crippen LogP contribution in [0.5, 0.6) is 0 Å². The molecule has 9 N–H and O–H groups in total. The Morgan fingerprint density at radius 2 is 0.733 bits per heavy atom. The van der Waals surface area contributed by atoms with Crippen molar-refractivity contribution in [3.05, 3.63) is 278 Å². The molecule has 0 bridgehead atoms. The molecule has 3 amide bonds. The number of Topliss-reactive ketones (excluding diaryl/α,β-unsaturated/α-hetero) is 3. The highest BCUT2D eigenvalue weighted by Gasteiger charge is 2.21. The van der Waals surface area contributed by atoms with Crippen molar-refractivity contribution in [1.82, 2.24) is 19.9 Å². The van der Waals surface area contributed by atoms with Gasteiger partial charge in [0.1, 0.15) is 35.0 Å². The molecule has 0 aliphatic heterocycles. The Kier molecular flexibility index (Phi) is 24.6. The van der Waals surface area contributed by atoms with Crippen molar-refractivity contribution in [3.8, 4) is 0 Å². The molecule has 18 nitrogen and oxygen atoms in total. The van der Waals surface area contributed by atoms with Crippen molar-refractivity contribution in [1.29, 1.82) is 10.8 Å². The highest BCUT2D eigenvalue weighted by Crippen LogP contribution is 2.25. The molecule has 24 heteroatoms. The monoisotopic (exact) mass is 1450 g/mol. The van der Waals surface area contributed by atoms with Crippen molar-refractivity contribution < 1.29 is 28.8 Å². The summed E-state index contributed by atoms with van der Waals surface area (Å²) in [5.74, 6) is 0.291. The highest BCUT2D eigenvalue weighted by atomic mass is 79.9. The Balaban J connectivity index is 0.000000192. The number of benzene rings is 6. The lowest BCUT2D eigenvalue weighted by Gasteiger charge is -2.14. The van der Waals surface area contributed by atoms with Crippen LogP contribution in [0.4, 0.5) is 17.5 Å². The normalized spacial score (nSPS) is 10.7. The van der Waals surface area contributed by atoms with Crippen LogP contribution < -0.4 is 27.4 Å². The molecule has 9 aromatic rings. The van der Waals surface area contributed by atoms with Gasteiger partial charge >= 0.3 is 0 Å². The first-order valence-corrected chi connectivity index (χ1v) is 30.3. The van der Waals surface area contributed by atoms with Crippen molar-refractivity contribution >= 4 is 153 Å². The van der Waals surface area contributed by atoms with E-state index in [9.17, 15) is 28.8 Å². The molecule has 0 aliphatic carbocycles. The van der Waals surface area contributed by atoms with E-state index in [1.807, 2.05) is 0 Å². The summed E-state index contributed by atoms with van der Waals surface area (Å²) in [7, 11) is 5.19. The molecule has 90 heavy (non-hydrogen) atoms. The van der Waals surface area contributed by atoms with Crippen LogP contribution >= 0.6 is 82.6 Å². The second-order valence-corrected chi connectivity index (χ2v) is 23.7. The van der Waals surface area contributed by atoms with Gasteiger partial charge in [-0.15, -0.1) is 0 Å². The third kappa shape index (κ3) is 19.7. The lowest BCUT2D eigenvalue weighted by Crippen LogP contribution is -2.21. The van der Waals surface area contributed by atoms with Crippen LogP contribution in [-0.2, 0) is 19.3 Å². The number of amidine groups is 3. The Morgan fingerprint density at radius 3 is 1.00 bits per heavy atom. The fourth-order valence-electron chi connectivity index (χ4n) is 8.33. The first-order chi connectivity index (χ1) is 42.9. The number of halogens is 6. The largest absolute Gasteiger partial charge is 0.384 e. The van der Waals surface area contributed by atoms with E-state index in [4.69, 9.17) is 57.1 Å². The number of rotatable bonds is 18. The maximum atomic E-state index is 12.9. The Bertz CT molecular complexity index is 4180. The molecule has 0 fully saturated rings. The number of pyridine rings is 3. The fraction of sp³-hybridized carbons (Fsp3) is 0.0909. The molecule has 3 aromatic heterocycles. The number of nitrogen functional groups attached to an aromatic ring is 1. The second kappa shape index (κ2) is 32.4. The van der Waals surface area contributed by atoms with Crippen LogP contribution in [0.2, 0.25) is 15.1 Å². The van der Waals surface area contributed by atoms with Gasteiger partial charge < -0.3 is 32.3 Å². The van der Waals surface area contributed by atoms with Crippen LogP contribution in [-0.4, -0.2) is 93.6 Å². The summed E-state index contributed by atoms with van der Waals surface area (Å²) in [6.07, 6.45) is 4.51. The first-order valence-electron chi connectivity index (χ1n) is 26.8. The van der Waals surface area contributed by atoms with Crippen molar-refractivity contribution in [2.24, 2.45) is 16.5 Å². The van der Waals surface area contributed by atoms with E-state index >= 15 is 0 Å². The Hall–Kier alpha value is -9.09. The molecule has 456 valence electrons. The fourth-order valence-corrected chi connectivity index (χ4v) is 9.75. The van der Waals surface area contributed by atoms with Crippen molar-refractivity contribution in [2.75, 3.05) is 37.1 Å². The SMILES string of the molecule is CN(C)C(=N)c1ccc(C(=O)Cc2ccc(Br)cc2C(=O)Nc2ccc(Cl)cn2)cc1.CN=C(N)c1ccc(C(=O)Cc2ccc(Br)cc2C(=O)Nc2ccc(Cl)cn2)cc1.N=C(N)c1ccc(C(=O)Cc2ccc(Br)cc2C(=O)Nc2ccc(Cl)cn2)cc1. The number of hydrogen-bond acceptors (Lipinski definition) is 12. The zero-order chi connectivity index (χ0) is 65.2. The van der Waals surface area contributed by atoms with Gasteiger partial charge in [0.15, 0.2) is 17.3 Å². The summed E-state index contributed by atoms with van der Waals surface area (Å²) < 4.78 is 2.17. The molecule has 0 aliphatic rings. The summed E-state index contributed by atoms with van der Waals surface area (Å²) in [6, 6.07) is 45.6. The molecule has 3 heterocycles. The van der Waals surface area contributed by atoms with Gasteiger partial charge in [-0.2, -0.15) is 0 Å². The van der Waals surface area contributed by atoms with Crippen LogP contribution in [0, 0.1) is 10.8 Å². The van der Waals surface area contributed by atoms with Crippen LogP contribution in [0.1, 0.15) is 95.5 Å². The van der Waals surface area contributed by atoms with Gasteiger partial charge in [-0.3, -0.25) is 44.6 Å². The second-order valence-electron chi connectivity index (χ2n) is 19.6. The highest BCUT2D eigenvalue weighted by molar-refractivity contribution is 9.11. The maximum absolute atomic E-state index is 12.9. The van der Waals surface area contributed by atoms with E-state index < -0.39 is 0 Å². The number of anilines is 3. The van der Waals surface area contributed by atoms with E-state index in [-0.39, 0.29) is 60.2 Å². The third-order valence-electron chi connectivity index (χ3n) is 13.1. The number of carbonyl (C=O) groups excluding carboxylic acids is 6. The van der Waals surface area contributed by atoms with Gasteiger partial charge in [0.25, 0.3) is 17.7 Å². The minimum atomic E-state index is -0.379. The van der Waals surface area contributed by atoms with E-state index in [0.29, 0.717) is 104 Å². The van der Waals surface area contributed by atoms with Gasteiger partial charge in [0.05, 0.1) is 15.1 Å². The predicted octanol–water partition coefficient (Wildman–Crippen LogP) is 14.0. The lowest BCUT2D eigenvalue weighted by atomic mass is 9.97. The number of amides is 3. The number of carbonyl (C=O) groups is 6.